The first-order valence-corrected chi connectivity index (χ1v) is 6.00. The Hall–Kier alpha value is -0.260. The van der Waals surface area contributed by atoms with Crippen molar-refractivity contribution in [2.45, 2.75) is 43.0 Å². The predicted octanol–water partition coefficient (Wildman–Crippen LogP) is 0.401. The molecule has 1 saturated heterocycles. The fraction of sp³-hybridized carbons (Fsp3) is 0.889. The van der Waals surface area contributed by atoms with Gasteiger partial charge in [-0.05, 0) is 12.8 Å². The van der Waals surface area contributed by atoms with Crippen molar-refractivity contribution in [1.29, 1.82) is 0 Å². The lowest BCUT2D eigenvalue weighted by atomic mass is 10.0. The summed E-state index contributed by atoms with van der Waals surface area (Å²) in [6.45, 7) is 0. The number of nitrogens with two attached hydrogens (primary N) is 2. The zero-order valence-corrected chi connectivity index (χ0v) is 9.00. The van der Waals surface area contributed by atoms with E-state index in [9.17, 15) is 4.79 Å². The minimum Gasteiger partial charge on any atom is -0.481 e. The largest absolute Gasteiger partial charge is 0.481 e. The molecule has 0 aromatic rings. The van der Waals surface area contributed by atoms with Crippen LogP contribution in [0, 0.1) is 0 Å². The van der Waals surface area contributed by atoms with E-state index in [1.807, 2.05) is 11.8 Å². The minimum absolute atomic E-state index is 0.0878. The lowest BCUT2D eigenvalue weighted by Crippen LogP contribution is -2.43. The Morgan fingerprint density at radius 3 is 2.64 bits per heavy atom. The number of carboxylic acid groups (broad SMARTS) is 1. The molecule has 0 saturated carbocycles. The maximum atomic E-state index is 10.3. The van der Waals surface area contributed by atoms with Gasteiger partial charge in [0, 0.05) is 29.5 Å². The summed E-state index contributed by atoms with van der Waals surface area (Å²) in [6.07, 6.45) is 2.93. The van der Waals surface area contributed by atoms with Gasteiger partial charge < -0.3 is 16.6 Å². The van der Waals surface area contributed by atoms with Crippen LogP contribution in [-0.2, 0) is 4.79 Å². The number of hydrogen-bond acceptors (Lipinski definition) is 4. The Morgan fingerprint density at radius 1 is 1.43 bits per heavy atom. The van der Waals surface area contributed by atoms with Gasteiger partial charge in [-0.1, -0.05) is 6.42 Å². The van der Waals surface area contributed by atoms with Crippen LogP contribution in [-0.4, -0.2) is 34.2 Å². The van der Waals surface area contributed by atoms with E-state index in [0.717, 1.165) is 25.0 Å². The number of thioether (sulfide) groups is 1. The molecule has 0 aromatic carbocycles. The van der Waals surface area contributed by atoms with Gasteiger partial charge in [-0.3, -0.25) is 4.79 Å². The number of hydrogen-bond donors (Lipinski definition) is 3. The standard InChI is InChI=1S/C9H18N2O2S/c10-6-5-14-7(9(6)11)3-1-2-4-8(12)13/h6-7,9H,1-5,10-11H2,(H,12,13)/t6-,7-,9-/m1/s1. The second-order valence-electron chi connectivity index (χ2n) is 3.75. The van der Waals surface area contributed by atoms with E-state index in [0.29, 0.717) is 5.25 Å². The zero-order valence-electron chi connectivity index (χ0n) is 8.19. The molecule has 0 unspecified atom stereocenters. The Labute approximate surface area is 88.4 Å². The van der Waals surface area contributed by atoms with Crippen molar-refractivity contribution < 1.29 is 9.90 Å². The highest BCUT2D eigenvalue weighted by Crippen LogP contribution is 2.28. The lowest BCUT2D eigenvalue weighted by molar-refractivity contribution is -0.137. The Bertz CT molecular complexity index is 201. The number of unbranched alkanes of at least 4 members (excludes halogenated alkanes) is 1. The molecule has 0 radical (unpaired) electrons. The number of aliphatic carboxylic acids is 1. The van der Waals surface area contributed by atoms with Crippen LogP contribution >= 0.6 is 11.8 Å². The molecule has 0 aromatic heterocycles. The van der Waals surface area contributed by atoms with Crippen LogP contribution in [0.25, 0.3) is 0 Å². The average Bonchev–Trinajstić information content (AvgIpc) is 2.43. The summed E-state index contributed by atoms with van der Waals surface area (Å²) in [6, 6.07) is 0.203. The predicted molar refractivity (Wildman–Crippen MR) is 58.3 cm³/mol. The van der Waals surface area contributed by atoms with E-state index < -0.39 is 5.97 Å². The molecular formula is C9H18N2O2S. The second-order valence-corrected chi connectivity index (χ2v) is 5.02. The van der Waals surface area contributed by atoms with Gasteiger partial charge in [-0.25, -0.2) is 0 Å². The van der Waals surface area contributed by atoms with Crippen LogP contribution < -0.4 is 11.5 Å². The van der Waals surface area contributed by atoms with Crippen molar-refractivity contribution in [3.8, 4) is 0 Å². The topological polar surface area (TPSA) is 89.3 Å². The third-order valence-electron chi connectivity index (χ3n) is 2.56. The molecule has 82 valence electrons. The normalized spacial score (nSPS) is 32.0. The summed E-state index contributed by atoms with van der Waals surface area (Å²) in [4.78, 5) is 10.3. The second kappa shape index (κ2) is 5.58. The van der Waals surface area contributed by atoms with E-state index in [1.54, 1.807) is 0 Å². The van der Waals surface area contributed by atoms with Crippen LogP contribution in [0.15, 0.2) is 0 Å². The zero-order chi connectivity index (χ0) is 10.6. The van der Waals surface area contributed by atoms with E-state index in [4.69, 9.17) is 16.6 Å². The van der Waals surface area contributed by atoms with Crippen molar-refractivity contribution in [3.05, 3.63) is 0 Å². The molecule has 0 bridgehead atoms. The minimum atomic E-state index is -0.718. The van der Waals surface area contributed by atoms with E-state index >= 15 is 0 Å². The van der Waals surface area contributed by atoms with Crippen LogP contribution in [0.1, 0.15) is 25.7 Å². The highest BCUT2D eigenvalue weighted by atomic mass is 32.2. The van der Waals surface area contributed by atoms with E-state index in [1.165, 1.54) is 0 Å². The summed E-state index contributed by atoms with van der Waals surface area (Å²) in [5.74, 6) is 0.218. The summed E-state index contributed by atoms with van der Waals surface area (Å²) in [5.41, 5.74) is 11.7. The Morgan fingerprint density at radius 2 is 2.14 bits per heavy atom. The van der Waals surface area contributed by atoms with Crippen molar-refractivity contribution in [1.82, 2.24) is 0 Å². The van der Waals surface area contributed by atoms with Gasteiger partial charge in [-0.15, -0.1) is 0 Å². The molecule has 4 nitrogen and oxygen atoms in total. The first kappa shape index (κ1) is 11.8. The molecule has 1 aliphatic heterocycles. The van der Waals surface area contributed by atoms with Gasteiger partial charge in [0.15, 0.2) is 0 Å². The van der Waals surface area contributed by atoms with Gasteiger partial charge in [-0.2, -0.15) is 11.8 Å². The molecule has 0 spiro atoms. The highest BCUT2D eigenvalue weighted by molar-refractivity contribution is 8.00. The molecule has 1 aliphatic rings. The molecule has 0 aliphatic carbocycles. The van der Waals surface area contributed by atoms with Gasteiger partial charge in [0.25, 0.3) is 0 Å². The first-order chi connectivity index (χ1) is 6.61. The van der Waals surface area contributed by atoms with Gasteiger partial charge in [0.05, 0.1) is 0 Å². The fourth-order valence-corrected chi connectivity index (χ4v) is 3.08. The molecule has 3 atom stereocenters. The van der Waals surface area contributed by atoms with Crippen molar-refractivity contribution >= 4 is 17.7 Å². The molecule has 1 rings (SSSR count). The Balaban J connectivity index is 2.10. The SMILES string of the molecule is N[C@@H]1[C@H](N)CS[C@@H]1CCCCC(=O)O. The Kier molecular flexibility index (Phi) is 4.71. The maximum absolute atomic E-state index is 10.3. The van der Waals surface area contributed by atoms with Crippen LogP contribution in [0.4, 0.5) is 0 Å². The van der Waals surface area contributed by atoms with Crippen LogP contribution in [0.3, 0.4) is 0 Å². The quantitative estimate of drug-likeness (QED) is 0.581. The third kappa shape index (κ3) is 3.48. The lowest BCUT2D eigenvalue weighted by Gasteiger charge is -2.16. The monoisotopic (exact) mass is 218 g/mol. The smallest absolute Gasteiger partial charge is 0.303 e. The molecule has 0 amide bonds. The van der Waals surface area contributed by atoms with Crippen LogP contribution in [0.5, 0.6) is 0 Å². The summed E-state index contributed by atoms with van der Waals surface area (Å²) in [5, 5.41) is 8.88. The highest BCUT2D eigenvalue weighted by Gasteiger charge is 2.30. The van der Waals surface area contributed by atoms with Gasteiger partial charge in [0.2, 0.25) is 0 Å². The summed E-state index contributed by atoms with van der Waals surface area (Å²) >= 11 is 1.82. The first-order valence-electron chi connectivity index (χ1n) is 4.96. The van der Waals surface area contributed by atoms with Gasteiger partial charge in [0.1, 0.15) is 0 Å². The molecular weight excluding hydrogens is 200 g/mol. The summed E-state index contributed by atoms with van der Waals surface area (Å²) < 4.78 is 0. The summed E-state index contributed by atoms with van der Waals surface area (Å²) in [7, 11) is 0. The number of carbonyl (C=O) groups is 1. The number of rotatable bonds is 5. The van der Waals surface area contributed by atoms with E-state index in [2.05, 4.69) is 0 Å². The molecule has 5 heteroatoms. The van der Waals surface area contributed by atoms with Crippen molar-refractivity contribution in [2.24, 2.45) is 11.5 Å². The number of carboxylic acids is 1. The molecule has 14 heavy (non-hydrogen) atoms. The third-order valence-corrected chi connectivity index (χ3v) is 4.11. The molecule has 5 N–H and O–H groups in total. The van der Waals surface area contributed by atoms with Crippen molar-refractivity contribution in [3.63, 3.8) is 0 Å². The maximum Gasteiger partial charge on any atom is 0.303 e. The average molecular weight is 218 g/mol. The van der Waals surface area contributed by atoms with Crippen molar-refractivity contribution in [2.75, 3.05) is 5.75 Å². The molecule has 1 fully saturated rings. The fourth-order valence-electron chi connectivity index (χ4n) is 1.63. The van der Waals surface area contributed by atoms with E-state index in [-0.39, 0.29) is 18.5 Å². The van der Waals surface area contributed by atoms with Crippen LogP contribution in [0.2, 0.25) is 0 Å². The molecule has 1 heterocycles. The van der Waals surface area contributed by atoms with Gasteiger partial charge >= 0.3 is 5.97 Å².